The van der Waals surface area contributed by atoms with Gasteiger partial charge in [-0.1, -0.05) is 48.5 Å². The predicted molar refractivity (Wildman–Crippen MR) is 118 cm³/mol. The lowest BCUT2D eigenvalue weighted by Gasteiger charge is -2.11. The molecule has 0 saturated heterocycles. The highest BCUT2D eigenvalue weighted by Crippen LogP contribution is 2.33. The second kappa shape index (κ2) is 8.68. The number of benzene rings is 4. The molecule has 0 bridgehead atoms. The molecule has 32 heavy (non-hydrogen) atoms. The molecule has 1 nitrogen and oxygen atoms in total. The second-order valence-corrected chi connectivity index (χ2v) is 7.43. The summed E-state index contributed by atoms with van der Waals surface area (Å²) in [6, 6.07) is 16.1. The van der Waals surface area contributed by atoms with Crippen molar-refractivity contribution < 1.29 is 17.6 Å². The van der Waals surface area contributed by atoms with Crippen LogP contribution in [0.2, 0.25) is 0 Å². The van der Waals surface area contributed by atoms with Crippen LogP contribution in [-0.4, -0.2) is 0 Å². The van der Waals surface area contributed by atoms with Gasteiger partial charge in [0.05, 0.1) is 0 Å². The van der Waals surface area contributed by atoms with E-state index in [4.69, 9.17) is 5.26 Å². The zero-order valence-electron chi connectivity index (χ0n) is 16.9. The van der Waals surface area contributed by atoms with Gasteiger partial charge in [0.15, 0.2) is 0 Å². The van der Waals surface area contributed by atoms with Gasteiger partial charge in [0, 0.05) is 16.5 Å². The van der Waals surface area contributed by atoms with Gasteiger partial charge < -0.3 is 0 Å². The normalized spacial score (nSPS) is 10.8. The van der Waals surface area contributed by atoms with Gasteiger partial charge in [-0.05, 0) is 53.1 Å². The van der Waals surface area contributed by atoms with Gasteiger partial charge >= 0.3 is 0 Å². The van der Waals surface area contributed by atoms with Crippen molar-refractivity contribution in [1.29, 1.82) is 5.26 Å². The molecular formula is C27H17F4N. The Bertz CT molecular complexity index is 1380. The molecule has 0 aromatic heterocycles. The van der Waals surface area contributed by atoms with Crippen LogP contribution in [0.15, 0.2) is 73.3 Å². The molecule has 0 saturated carbocycles. The van der Waals surface area contributed by atoms with Crippen LogP contribution in [0.25, 0.3) is 33.0 Å². The molecule has 0 fully saturated rings. The van der Waals surface area contributed by atoms with Crippen molar-refractivity contribution >= 4 is 10.8 Å². The summed E-state index contributed by atoms with van der Waals surface area (Å²) in [4.78, 5) is 0. The third-order valence-electron chi connectivity index (χ3n) is 5.40. The Labute approximate surface area is 182 Å². The first-order chi connectivity index (χ1) is 15.4. The molecular weight excluding hydrogens is 414 g/mol. The van der Waals surface area contributed by atoms with Crippen LogP contribution in [0.4, 0.5) is 17.6 Å². The Balaban J connectivity index is 1.74. The highest BCUT2D eigenvalue weighted by Gasteiger charge is 2.16. The van der Waals surface area contributed by atoms with E-state index in [-0.39, 0.29) is 16.7 Å². The minimum absolute atomic E-state index is 0.0471. The number of nitriles is 1. The summed E-state index contributed by atoms with van der Waals surface area (Å²) in [5, 5.41) is 9.95. The van der Waals surface area contributed by atoms with Gasteiger partial charge in [0.1, 0.15) is 34.9 Å². The number of hydrogen-bond acceptors (Lipinski definition) is 1. The first-order valence-corrected chi connectivity index (χ1v) is 9.94. The van der Waals surface area contributed by atoms with E-state index in [0.717, 1.165) is 42.0 Å². The Morgan fingerprint density at radius 2 is 1.47 bits per heavy atom. The summed E-state index contributed by atoms with van der Waals surface area (Å²) in [7, 11) is 0. The number of allylic oxidation sites excluding steroid dienone is 1. The SMILES string of the molecule is C=CCCc1ccc2c(F)c(-c3ccc(-c4cc(F)c(C#N)c(F)c4)c(F)c3)ccc2c1. The zero-order valence-corrected chi connectivity index (χ0v) is 16.9. The van der Waals surface area contributed by atoms with Crippen molar-refractivity contribution in [2.24, 2.45) is 0 Å². The van der Waals surface area contributed by atoms with Gasteiger partial charge in [-0.3, -0.25) is 0 Å². The minimum Gasteiger partial charge on any atom is -0.206 e. The minimum atomic E-state index is -1.07. The number of nitrogens with zero attached hydrogens (tertiary/aromatic N) is 1. The van der Waals surface area contributed by atoms with E-state index >= 15 is 4.39 Å². The lowest BCUT2D eigenvalue weighted by atomic mass is 9.95. The number of aryl methyl sites for hydroxylation is 1. The molecule has 0 amide bonds. The topological polar surface area (TPSA) is 23.8 Å². The summed E-state index contributed by atoms with van der Waals surface area (Å²) < 4.78 is 57.9. The van der Waals surface area contributed by atoms with Gasteiger partial charge in [-0.2, -0.15) is 5.26 Å². The van der Waals surface area contributed by atoms with E-state index in [1.165, 1.54) is 18.2 Å². The highest BCUT2D eigenvalue weighted by atomic mass is 19.1. The summed E-state index contributed by atoms with van der Waals surface area (Å²) in [5.74, 6) is -3.37. The average Bonchev–Trinajstić information content (AvgIpc) is 2.77. The standard InChI is InChI=1S/C27H17F4N/c1-2-3-4-16-5-8-21-17(11-16)7-10-22(27(21)31)18-6-9-20(24(28)12-18)19-13-25(29)23(15-32)26(30)14-19/h2,5-14H,1,3-4H2. The van der Waals surface area contributed by atoms with Crippen molar-refractivity contribution in [3.05, 3.63) is 108 Å². The zero-order chi connectivity index (χ0) is 22.8. The van der Waals surface area contributed by atoms with Crippen molar-refractivity contribution in [2.75, 3.05) is 0 Å². The van der Waals surface area contributed by atoms with Crippen LogP contribution in [-0.2, 0) is 6.42 Å². The van der Waals surface area contributed by atoms with E-state index in [0.29, 0.717) is 10.9 Å². The molecule has 4 rings (SSSR count). The fourth-order valence-electron chi connectivity index (χ4n) is 3.74. The molecule has 0 aliphatic rings. The number of fused-ring (bicyclic) bond motifs is 1. The second-order valence-electron chi connectivity index (χ2n) is 7.43. The maximum absolute atomic E-state index is 15.2. The molecule has 4 aromatic rings. The molecule has 5 heteroatoms. The van der Waals surface area contributed by atoms with Crippen molar-refractivity contribution in [3.63, 3.8) is 0 Å². The Kier molecular flexibility index (Phi) is 5.79. The first kappa shape index (κ1) is 21.3. The maximum Gasteiger partial charge on any atom is 0.144 e. The number of halogens is 4. The Morgan fingerprint density at radius 1 is 0.781 bits per heavy atom. The van der Waals surface area contributed by atoms with E-state index in [9.17, 15) is 13.2 Å². The predicted octanol–water partition coefficient (Wildman–Crippen LogP) is 7.72. The van der Waals surface area contributed by atoms with Gasteiger partial charge in [0.2, 0.25) is 0 Å². The number of rotatable bonds is 5. The molecule has 0 heterocycles. The molecule has 0 atom stereocenters. The molecule has 0 radical (unpaired) electrons. The lowest BCUT2D eigenvalue weighted by molar-refractivity contribution is 0.577. The third-order valence-corrected chi connectivity index (χ3v) is 5.40. The summed E-state index contributed by atoms with van der Waals surface area (Å²) in [6.07, 6.45) is 3.46. The van der Waals surface area contributed by atoms with Crippen LogP contribution >= 0.6 is 0 Å². The smallest absolute Gasteiger partial charge is 0.144 e. The van der Waals surface area contributed by atoms with E-state index in [1.807, 2.05) is 18.2 Å². The van der Waals surface area contributed by atoms with Crippen LogP contribution in [0.3, 0.4) is 0 Å². The third kappa shape index (κ3) is 3.88. The lowest BCUT2D eigenvalue weighted by Crippen LogP contribution is -1.94. The van der Waals surface area contributed by atoms with Gasteiger partial charge in [-0.15, -0.1) is 6.58 Å². The van der Waals surface area contributed by atoms with Crippen molar-refractivity contribution in [3.8, 4) is 28.3 Å². The van der Waals surface area contributed by atoms with Crippen LogP contribution in [0.1, 0.15) is 17.5 Å². The highest BCUT2D eigenvalue weighted by molar-refractivity contribution is 5.89. The molecule has 0 aliphatic carbocycles. The number of hydrogen-bond donors (Lipinski definition) is 0. The molecule has 4 aromatic carbocycles. The molecule has 158 valence electrons. The van der Waals surface area contributed by atoms with Crippen LogP contribution in [0, 0.1) is 34.6 Å². The molecule has 0 aliphatic heterocycles. The largest absolute Gasteiger partial charge is 0.206 e. The van der Waals surface area contributed by atoms with Crippen LogP contribution in [0.5, 0.6) is 0 Å². The maximum atomic E-state index is 15.2. The summed E-state index contributed by atoms with van der Waals surface area (Å²) in [6.45, 7) is 3.71. The van der Waals surface area contributed by atoms with Crippen LogP contribution < -0.4 is 0 Å². The quantitative estimate of drug-likeness (QED) is 0.234. The fourth-order valence-corrected chi connectivity index (χ4v) is 3.74. The van der Waals surface area contributed by atoms with E-state index in [1.54, 1.807) is 18.2 Å². The molecule has 0 N–H and O–H groups in total. The monoisotopic (exact) mass is 431 g/mol. The summed E-state index contributed by atoms with van der Waals surface area (Å²) in [5.41, 5.74) is 0.770. The fraction of sp³-hybridized carbons (Fsp3) is 0.0741. The van der Waals surface area contributed by atoms with Gasteiger partial charge in [0.25, 0.3) is 0 Å². The molecule has 0 spiro atoms. The Hall–Kier alpha value is -3.91. The summed E-state index contributed by atoms with van der Waals surface area (Å²) >= 11 is 0. The molecule has 0 unspecified atom stereocenters. The first-order valence-electron chi connectivity index (χ1n) is 9.94. The average molecular weight is 431 g/mol. The van der Waals surface area contributed by atoms with Gasteiger partial charge in [-0.25, -0.2) is 17.6 Å². The van der Waals surface area contributed by atoms with Crippen molar-refractivity contribution in [1.82, 2.24) is 0 Å². The van der Waals surface area contributed by atoms with E-state index in [2.05, 4.69) is 6.58 Å². The van der Waals surface area contributed by atoms with E-state index < -0.39 is 28.8 Å². The van der Waals surface area contributed by atoms with Crippen molar-refractivity contribution in [2.45, 2.75) is 12.8 Å². The Morgan fingerprint density at radius 3 is 2.12 bits per heavy atom.